The van der Waals surface area contributed by atoms with Crippen LogP contribution in [0.15, 0.2) is 72.8 Å². The van der Waals surface area contributed by atoms with Gasteiger partial charge in [-0.15, -0.1) is 0 Å². The second-order valence-corrected chi connectivity index (χ2v) is 7.62. The standard InChI is InChI=1S/C12H11NO2.C8H5NO2.C4H7Br.K/c1-8(2)7-13-11(14)9-5-3-4-6-10(9)12(13)15;10-7-5-3-1-2-4-6(5)8(11)9-7;1-4(2)3-5;/h3-6H,1,7H2,2H3;1-4H,(H,9,10,11);1,3H2,2H3;/q;;;+1/p-1. The summed E-state index contributed by atoms with van der Waals surface area (Å²) < 4.78 is 0. The first kappa shape index (κ1) is 28.3. The molecule has 0 radical (unpaired) electrons. The molecule has 160 valence electrons. The molecule has 2 aliphatic rings. The first-order valence-corrected chi connectivity index (χ1v) is 10.5. The molecule has 4 rings (SSSR count). The van der Waals surface area contributed by atoms with Gasteiger partial charge in [0.25, 0.3) is 11.8 Å². The van der Waals surface area contributed by atoms with Crippen LogP contribution in [0.3, 0.4) is 0 Å². The summed E-state index contributed by atoms with van der Waals surface area (Å²) >= 11 is 3.21. The van der Waals surface area contributed by atoms with Gasteiger partial charge in [0.15, 0.2) is 0 Å². The molecule has 0 saturated heterocycles. The summed E-state index contributed by atoms with van der Waals surface area (Å²) in [4.78, 5) is 46.6. The maximum Gasteiger partial charge on any atom is 1.00 e. The van der Waals surface area contributed by atoms with E-state index in [9.17, 15) is 19.2 Å². The molecule has 0 N–H and O–H groups in total. The van der Waals surface area contributed by atoms with Crippen molar-refractivity contribution in [1.29, 1.82) is 0 Å². The molecule has 0 atom stereocenters. The molecule has 0 unspecified atom stereocenters. The number of amides is 4. The number of allylic oxidation sites excluding steroid dienone is 1. The number of halogens is 1. The topological polar surface area (TPSA) is 85.6 Å². The van der Waals surface area contributed by atoms with E-state index in [0.717, 1.165) is 10.9 Å². The van der Waals surface area contributed by atoms with Gasteiger partial charge < -0.3 is 14.9 Å². The number of carbonyl (C=O) groups excluding carboxylic acids is 4. The van der Waals surface area contributed by atoms with Crippen LogP contribution in [0, 0.1) is 0 Å². The third-order valence-corrected chi connectivity index (χ3v) is 5.08. The van der Waals surface area contributed by atoms with Crippen molar-refractivity contribution in [2.45, 2.75) is 13.8 Å². The molecule has 2 aliphatic heterocycles. The van der Waals surface area contributed by atoms with E-state index in [4.69, 9.17) is 0 Å². The van der Waals surface area contributed by atoms with Crippen molar-refractivity contribution in [3.8, 4) is 0 Å². The summed E-state index contributed by atoms with van der Waals surface area (Å²) in [5.74, 6) is -1.30. The van der Waals surface area contributed by atoms with Gasteiger partial charge in [-0.25, -0.2) is 0 Å². The third kappa shape index (κ3) is 7.16. The van der Waals surface area contributed by atoms with Crippen LogP contribution in [0.4, 0.5) is 0 Å². The van der Waals surface area contributed by atoms with Gasteiger partial charge >= 0.3 is 51.4 Å². The maximum absolute atomic E-state index is 11.8. The molecule has 0 bridgehead atoms. The normalized spacial score (nSPS) is 12.9. The number of imide groups is 2. The third-order valence-electron chi connectivity index (χ3n) is 4.13. The molecular formula is C24H22BrKN2O4. The maximum atomic E-state index is 11.8. The van der Waals surface area contributed by atoms with Gasteiger partial charge in [0.05, 0.1) is 22.9 Å². The Labute approximate surface area is 238 Å². The Morgan fingerprint density at radius 3 is 1.44 bits per heavy atom. The zero-order valence-corrected chi connectivity index (χ0v) is 23.1. The van der Waals surface area contributed by atoms with Gasteiger partial charge in [0.2, 0.25) is 0 Å². The Morgan fingerprint density at radius 2 is 1.12 bits per heavy atom. The largest absolute Gasteiger partial charge is 1.00 e. The number of carbonyl (C=O) groups is 4. The van der Waals surface area contributed by atoms with Gasteiger partial charge in [0, 0.05) is 23.0 Å². The molecule has 0 fully saturated rings. The number of hydrogen-bond donors (Lipinski definition) is 0. The molecule has 0 aromatic heterocycles. The van der Waals surface area contributed by atoms with Gasteiger partial charge in [-0.05, 0) is 26.0 Å². The predicted octanol–water partition coefficient (Wildman–Crippen LogP) is 2.17. The Morgan fingerprint density at radius 1 is 0.781 bits per heavy atom. The quantitative estimate of drug-likeness (QED) is 0.268. The van der Waals surface area contributed by atoms with Crippen LogP contribution in [0.5, 0.6) is 0 Å². The first-order valence-electron chi connectivity index (χ1n) is 9.36. The summed E-state index contributed by atoms with van der Waals surface area (Å²) in [7, 11) is 0. The molecule has 2 aromatic rings. The summed E-state index contributed by atoms with van der Waals surface area (Å²) in [6, 6.07) is 13.5. The van der Waals surface area contributed by atoms with E-state index in [1.165, 1.54) is 10.5 Å². The number of nitrogens with zero attached hydrogens (tertiary/aromatic N) is 2. The summed E-state index contributed by atoms with van der Waals surface area (Å²) in [5.41, 5.74) is 3.78. The van der Waals surface area contributed by atoms with E-state index < -0.39 is 11.8 Å². The van der Waals surface area contributed by atoms with Crippen molar-refractivity contribution in [3.05, 3.63) is 100 Å². The van der Waals surface area contributed by atoms with E-state index in [1.54, 1.807) is 55.5 Å². The van der Waals surface area contributed by atoms with E-state index in [1.807, 2.05) is 6.92 Å². The number of rotatable bonds is 3. The van der Waals surface area contributed by atoms with Crippen molar-refractivity contribution in [1.82, 2.24) is 4.90 Å². The van der Waals surface area contributed by atoms with Crippen molar-refractivity contribution >= 4 is 39.6 Å². The molecule has 8 heteroatoms. The van der Waals surface area contributed by atoms with Gasteiger partial charge in [-0.1, -0.05) is 76.6 Å². The number of hydrogen-bond acceptors (Lipinski definition) is 4. The smallest absolute Gasteiger partial charge is 0.587 e. The fraction of sp³-hybridized carbons (Fsp3) is 0.167. The van der Waals surface area contributed by atoms with Crippen molar-refractivity contribution < 1.29 is 70.6 Å². The Bertz CT molecular complexity index is 1010. The molecule has 0 spiro atoms. The zero-order valence-electron chi connectivity index (χ0n) is 18.4. The van der Waals surface area contributed by atoms with E-state index in [0.29, 0.717) is 28.8 Å². The Hall–Kier alpha value is -1.68. The molecular weight excluding hydrogens is 499 g/mol. The minimum Gasteiger partial charge on any atom is -0.587 e. The van der Waals surface area contributed by atoms with Crippen molar-refractivity contribution in [3.63, 3.8) is 0 Å². The SMILES string of the molecule is C=C(C)CBr.C=C(C)CN1C(=O)c2ccccc2C1=O.O=C1[N-]C(=O)c2ccccc21.[K+]. The van der Waals surface area contributed by atoms with Crippen LogP contribution in [0.2, 0.25) is 0 Å². The average molecular weight is 521 g/mol. The minimum atomic E-state index is -0.425. The van der Waals surface area contributed by atoms with Crippen LogP contribution in [-0.4, -0.2) is 40.4 Å². The minimum absolute atomic E-state index is 0. The molecule has 0 saturated carbocycles. The van der Waals surface area contributed by atoms with E-state index in [2.05, 4.69) is 34.4 Å². The second kappa shape index (κ2) is 13.1. The molecule has 0 aliphatic carbocycles. The monoisotopic (exact) mass is 520 g/mol. The Kier molecular flexibility index (Phi) is 11.6. The number of fused-ring (bicyclic) bond motifs is 2. The molecule has 4 amide bonds. The van der Waals surface area contributed by atoms with Crippen LogP contribution in [0.1, 0.15) is 55.3 Å². The van der Waals surface area contributed by atoms with E-state index >= 15 is 0 Å². The van der Waals surface area contributed by atoms with Crippen LogP contribution in [-0.2, 0) is 0 Å². The van der Waals surface area contributed by atoms with Gasteiger partial charge in [-0.2, -0.15) is 0 Å². The zero-order chi connectivity index (χ0) is 23.1. The van der Waals surface area contributed by atoms with Crippen molar-refractivity contribution in [2.24, 2.45) is 0 Å². The fourth-order valence-electron chi connectivity index (χ4n) is 2.72. The van der Waals surface area contributed by atoms with Crippen LogP contribution in [0.25, 0.3) is 5.32 Å². The summed E-state index contributed by atoms with van der Waals surface area (Å²) in [5, 5.41) is 4.20. The van der Waals surface area contributed by atoms with Gasteiger partial charge in [-0.3, -0.25) is 14.5 Å². The van der Waals surface area contributed by atoms with Gasteiger partial charge in [0.1, 0.15) is 0 Å². The summed E-state index contributed by atoms with van der Waals surface area (Å²) in [6.07, 6.45) is 0. The molecule has 2 aromatic carbocycles. The molecule has 2 heterocycles. The van der Waals surface area contributed by atoms with Crippen LogP contribution >= 0.6 is 15.9 Å². The van der Waals surface area contributed by atoms with Crippen LogP contribution < -0.4 is 51.4 Å². The number of alkyl halides is 1. The average Bonchev–Trinajstić information content (AvgIpc) is 3.17. The molecule has 6 nitrogen and oxygen atoms in total. The first-order chi connectivity index (χ1) is 14.7. The fourth-order valence-corrected chi connectivity index (χ4v) is 2.72. The Balaban J connectivity index is 0.000000266. The number of benzene rings is 2. The summed E-state index contributed by atoms with van der Waals surface area (Å²) in [6.45, 7) is 11.4. The van der Waals surface area contributed by atoms with Crippen molar-refractivity contribution in [2.75, 3.05) is 11.9 Å². The molecule has 32 heavy (non-hydrogen) atoms. The predicted molar refractivity (Wildman–Crippen MR) is 124 cm³/mol. The second-order valence-electron chi connectivity index (χ2n) is 7.06. The van der Waals surface area contributed by atoms with E-state index in [-0.39, 0.29) is 63.2 Å².